The number of nitrogens with zero attached hydrogens (tertiary/aromatic N) is 1. The smallest absolute Gasteiger partial charge is 0.254 e. The summed E-state index contributed by atoms with van der Waals surface area (Å²) in [5.41, 5.74) is 6.60. The fraction of sp³-hybridized carbons (Fsp3) is 0.381. The summed E-state index contributed by atoms with van der Waals surface area (Å²) in [4.78, 5) is 14.6. The van der Waals surface area contributed by atoms with E-state index in [4.69, 9.17) is 4.74 Å². The highest BCUT2D eigenvalue weighted by Crippen LogP contribution is 2.24. The lowest BCUT2D eigenvalue weighted by molar-refractivity contribution is 0.0707. The monoisotopic (exact) mass is 341 g/mol. The van der Waals surface area contributed by atoms with Gasteiger partial charge in [0.1, 0.15) is 5.75 Å². The van der Waals surface area contributed by atoms with E-state index in [9.17, 15) is 9.90 Å². The van der Waals surface area contributed by atoms with Gasteiger partial charge in [0.2, 0.25) is 0 Å². The number of hydrogen-bond acceptors (Lipinski definition) is 3. The third-order valence-electron chi connectivity index (χ3n) is 4.86. The molecular weight excluding hydrogens is 314 g/mol. The summed E-state index contributed by atoms with van der Waals surface area (Å²) in [5.74, 6) is 0.626. The second-order valence-electron chi connectivity index (χ2n) is 6.42. The molecule has 4 heteroatoms. The molecule has 0 bridgehead atoms. The van der Waals surface area contributed by atoms with E-state index in [1.165, 1.54) is 22.3 Å². The second-order valence-corrected chi connectivity index (χ2v) is 6.42. The van der Waals surface area contributed by atoms with E-state index in [0.717, 1.165) is 5.56 Å². The Balaban J connectivity index is 2.34. The van der Waals surface area contributed by atoms with Crippen LogP contribution in [-0.4, -0.2) is 36.2 Å². The lowest BCUT2D eigenvalue weighted by Crippen LogP contribution is -2.33. The van der Waals surface area contributed by atoms with Crippen LogP contribution in [0.5, 0.6) is 5.75 Å². The van der Waals surface area contributed by atoms with Crippen LogP contribution in [0.1, 0.15) is 38.2 Å². The molecule has 0 heterocycles. The van der Waals surface area contributed by atoms with Crippen molar-refractivity contribution in [2.75, 3.05) is 20.3 Å². The second kappa shape index (κ2) is 8.17. The van der Waals surface area contributed by atoms with Crippen LogP contribution in [-0.2, 0) is 6.54 Å². The lowest BCUT2D eigenvalue weighted by Gasteiger charge is -2.25. The van der Waals surface area contributed by atoms with Crippen LogP contribution < -0.4 is 4.74 Å². The van der Waals surface area contributed by atoms with E-state index in [2.05, 4.69) is 33.8 Å². The van der Waals surface area contributed by atoms with Crippen LogP contribution in [0.15, 0.2) is 30.3 Å². The number of rotatable bonds is 6. The number of benzene rings is 2. The molecule has 0 fully saturated rings. The minimum absolute atomic E-state index is 0.0647. The highest BCUT2D eigenvalue weighted by Gasteiger charge is 2.19. The molecule has 0 saturated heterocycles. The zero-order valence-electron chi connectivity index (χ0n) is 15.7. The Morgan fingerprint density at radius 2 is 1.60 bits per heavy atom. The van der Waals surface area contributed by atoms with Gasteiger partial charge in [0.25, 0.3) is 5.91 Å². The quantitative estimate of drug-likeness (QED) is 0.874. The first-order valence-electron chi connectivity index (χ1n) is 8.49. The lowest BCUT2D eigenvalue weighted by atomic mass is 9.94. The van der Waals surface area contributed by atoms with Crippen molar-refractivity contribution in [3.05, 3.63) is 63.7 Å². The number of aryl methyl sites for hydroxylation is 2. The molecule has 0 saturated carbocycles. The van der Waals surface area contributed by atoms with Gasteiger partial charge in [-0.05, 0) is 79.8 Å². The predicted molar refractivity (Wildman–Crippen MR) is 100 cm³/mol. The molecule has 1 N–H and O–H groups in total. The minimum atomic E-state index is -0.0883. The van der Waals surface area contributed by atoms with Gasteiger partial charge in [-0.3, -0.25) is 4.79 Å². The van der Waals surface area contributed by atoms with Crippen molar-refractivity contribution in [1.29, 1.82) is 0 Å². The highest BCUT2D eigenvalue weighted by atomic mass is 16.5. The first-order valence-corrected chi connectivity index (χ1v) is 8.49. The van der Waals surface area contributed by atoms with Crippen molar-refractivity contribution in [3.63, 3.8) is 0 Å². The van der Waals surface area contributed by atoms with E-state index < -0.39 is 0 Å². The molecule has 25 heavy (non-hydrogen) atoms. The zero-order valence-corrected chi connectivity index (χ0v) is 15.7. The summed E-state index contributed by atoms with van der Waals surface area (Å²) in [6.07, 6.45) is 0. The fourth-order valence-electron chi connectivity index (χ4n) is 3.02. The molecule has 0 unspecified atom stereocenters. The van der Waals surface area contributed by atoms with E-state index in [0.29, 0.717) is 24.4 Å². The zero-order chi connectivity index (χ0) is 18.6. The van der Waals surface area contributed by atoms with Gasteiger partial charge >= 0.3 is 0 Å². The largest absolute Gasteiger partial charge is 0.497 e. The van der Waals surface area contributed by atoms with Crippen LogP contribution in [0.3, 0.4) is 0 Å². The van der Waals surface area contributed by atoms with Crippen LogP contribution in [0.2, 0.25) is 0 Å². The highest BCUT2D eigenvalue weighted by molar-refractivity contribution is 5.94. The number of hydrogen-bond donors (Lipinski definition) is 1. The van der Waals surface area contributed by atoms with E-state index in [-0.39, 0.29) is 12.5 Å². The Morgan fingerprint density at radius 3 is 2.08 bits per heavy atom. The Bertz CT molecular complexity index is 724. The van der Waals surface area contributed by atoms with Gasteiger partial charge in [0, 0.05) is 18.7 Å². The summed E-state index contributed by atoms with van der Waals surface area (Å²) >= 11 is 0. The first kappa shape index (κ1) is 19.0. The minimum Gasteiger partial charge on any atom is -0.497 e. The maximum Gasteiger partial charge on any atom is 0.254 e. The third kappa shape index (κ3) is 4.20. The number of aliphatic hydroxyl groups excluding tert-OH is 1. The maximum absolute atomic E-state index is 12.9. The molecule has 2 aromatic rings. The van der Waals surface area contributed by atoms with Crippen molar-refractivity contribution in [3.8, 4) is 5.75 Å². The number of aliphatic hydroxyl groups is 1. The topological polar surface area (TPSA) is 49.8 Å². The number of carbonyl (C=O) groups excluding carboxylic acids is 1. The van der Waals surface area contributed by atoms with Crippen molar-refractivity contribution in [1.82, 2.24) is 4.90 Å². The van der Waals surface area contributed by atoms with Crippen molar-refractivity contribution in [2.45, 2.75) is 34.2 Å². The van der Waals surface area contributed by atoms with Gasteiger partial charge in [0.15, 0.2) is 0 Å². The van der Waals surface area contributed by atoms with E-state index >= 15 is 0 Å². The Kier molecular flexibility index (Phi) is 6.21. The summed E-state index contributed by atoms with van der Waals surface area (Å²) in [6.45, 7) is 9.09. The maximum atomic E-state index is 12.9. The third-order valence-corrected chi connectivity index (χ3v) is 4.86. The molecule has 0 aliphatic rings. The number of methoxy groups -OCH3 is 1. The predicted octanol–water partition coefficient (Wildman–Crippen LogP) is 3.56. The van der Waals surface area contributed by atoms with Crippen molar-refractivity contribution >= 4 is 5.91 Å². The molecule has 134 valence electrons. The number of carbonyl (C=O) groups is 1. The molecule has 0 atom stereocenters. The first-order chi connectivity index (χ1) is 11.9. The van der Waals surface area contributed by atoms with Crippen LogP contribution >= 0.6 is 0 Å². The Labute approximate surface area is 150 Å². The fourth-order valence-corrected chi connectivity index (χ4v) is 3.02. The molecule has 4 nitrogen and oxygen atoms in total. The van der Waals surface area contributed by atoms with E-state index in [1.54, 1.807) is 36.3 Å². The summed E-state index contributed by atoms with van der Waals surface area (Å²) in [6, 6.07) is 9.24. The Morgan fingerprint density at radius 1 is 1.04 bits per heavy atom. The number of amides is 1. The standard InChI is InChI=1S/C21H27NO3/c1-14-12-15(2)17(4)20(16(14)3)13-22(10-11-23)21(24)18-6-8-19(25-5)9-7-18/h6-9,12,23H,10-11,13H2,1-5H3. The van der Waals surface area contributed by atoms with Crippen molar-refractivity contribution < 1.29 is 14.6 Å². The van der Waals surface area contributed by atoms with Gasteiger partial charge in [0.05, 0.1) is 13.7 Å². The van der Waals surface area contributed by atoms with Crippen LogP contribution in [0.25, 0.3) is 0 Å². The molecule has 0 radical (unpaired) electrons. The molecule has 0 aliphatic carbocycles. The molecular formula is C21H27NO3. The molecule has 2 rings (SSSR count). The normalized spacial score (nSPS) is 10.6. The molecule has 0 aliphatic heterocycles. The van der Waals surface area contributed by atoms with Crippen LogP contribution in [0.4, 0.5) is 0 Å². The molecule has 0 aromatic heterocycles. The average molecular weight is 341 g/mol. The molecule has 0 spiro atoms. The van der Waals surface area contributed by atoms with Gasteiger partial charge < -0.3 is 14.7 Å². The van der Waals surface area contributed by atoms with Crippen LogP contribution in [0, 0.1) is 27.7 Å². The van der Waals surface area contributed by atoms with Gasteiger partial charge in [-0.1, -0.05) is 6.07 Å². The molecule has 2 aromatic carbocycles. The van der Waals surface area contributed by atoms with Gasteiger partial charge in [-0.2, -0.15) is 0 Å². The Hall–Kier alpha value is -2.33. The van der Waals surface area contributed by atoms with Gasteiger partial charge in [-0.25, -0.2) is 0 Å². The van der Waals surface area contributed by atoms with Gasteiger partial charge in [-0.15, -0.1) is 0 Å². The summed E-state index contributed by atoms with van der Waals surface area (Å²) < 4.78 is 5.15. The average Bonchev–Trinajstić information content (AvgIpc) is 2.62. The summed E-state index contributed by atoms with van der Waals surface area (Å²) in [5, 5.41) is 9.43. The number of ether oxygens (including phenoxy) is 1. The SMILES string of the molecule is COc1ccc(C(=O)N(CCO)Cc2c(C)c(C)cc(C)c2C)cc1. The summed E-state index contributed by atoms with van der Waals surface area (Å²) in [7, 11) is 1.60. The van der Waals surface area contributed by atoms with E-state index in [1.807, 2.05) is 0 Å². The van der Waals surface area contributed by atoms with Crippen molar-refractivity contribution in [2.24, 2.45) is 0 Å². The molecule has 1 amide bonds.